The summed E-state index contributed by atoms with van der Waals surface area (Å²) in [5.41, 5.74) is 3.06. The van der Waals surface area contributed by atoms with Crippen molar-refractivity contribution in [2.45, 2.75) is 32.0 Å². The topological polar surface area (TPSA) is 24.8 Å². The van der Waals surface area contributed by atoms with E-state index in [0.717, 1.165) is 22.4 Å². The van der Waals surface area contributed by atoms with E-state index < -0.39 is 5.72 Å². The van der Waals surface area contributed by atoms with Crippen LogP contribution in [-0.2, 0) is 0 Å². The van der Waals surface area contributed by atoms with Gasteiger partial charge in [-0.05, 0) is 37.6 Å². The van der Waals surface area contributed by atoms with Gasteiger partial charge in [0, 0.05) is 16.5 Å². The van der Waals surface area contributed by atoms with E-state index in [0.29, 0.717) is 0 Å². The van der Waals surface area contributed by atoms with Crippen molar-refractivity contribution in [1.82, 2.24) is 5.01 Å². The van der Waals surface area contributed by atoms with Crippen molar-refractivity contribution in [3.05, 3.63) is 64.1 Å². The molecule has 2 aliphatic rings. The average Bonchev–Trinajstić information content (AvgIpc) is 2.96. The molecular formula is C18H17BrN2O. The number of ether oxygens (including phenoxy) is 1. The molecule has 0 bridgehead atoms. The lowest BCUT2D eigenvalue weighted by Crippen LogP contribution is -2.48. The van der Waals surface area contributed by atoms with E-state index in [-0.39, 0.29) is 6.04 Å². The molecule has 2 aromatic carbocycles. The van der Waals surface area contributed by atoms with Crippen molar-refractivity contribution in [3.8, 4) is 5.75 Å². The first kappa shape index (κ1) is 13.8. The highest BCUT2D eigenvalue weighted by atomic mass is 79.9. The van der Waals surface area contributed by atoms with Gasteiger partial charge in [0.1, 0.15) is 5.75 Å². The summed E-state index contributed by atoms with van der Waals surface area (Å²) in [5, 5.41) is 6.97. The van der Waals surface area contributed by atoms with Gasteiger partial charge < -0.3 is 4.74 Å². The molecule has 0 amide bonds. The summed E-state index contributed by atoms with van der Waals surface area (Å²) in [6, 6.07) is 16.8. The monoisotopic (exact) mass is 356 g/mol. The third-order valence-corrected chi connectivity index (χ3v) is 4.75. The Morgan fingerprint density at radius 3 is 2.73 bits per heavy atom. The Labute approximate surface area is 138 Å². The van der Waals surface area contributed by atoms with Gasteiger partial charge in [0.25, 0.3) is 0 Å². The molecule has 1 atom stereocenters. The number of nitrogens with zero attached hydrogens (tertiary/aromatic N) is 2. The fraction of sp³-hybridized carbons (Fsp3) is 0.278. The quantitative estimate of drug-likeness (QED) is 0.737. The normalized spacial score (nSPS) is 21.7. The zero-order chi connectivity index (χ0) is 15.3. The van der Waals surface area contributed by atoms with Gasteiger partial charge in [-0.25, -0.2) is 5.01 Å². The highest BCUT2D eigenvalue weighted by molar-refractivity contribution is 9.10. The van der Waals surface area contributed by atoms with Crippen molar-refractivity contribution in [2.24, 2.45) is 5.10 Å². The van der Waals surface area contributed by atoms with Crippen LogP contribution in [0.5, 0.6) is 5.75 Å². The van der Waals surface area contributed by atoms with Crippen molar-refractivity contribution in [3.63, 3.8) is 0 Å². The second-order valence-corrected chi connectivity index (χ2v) is 7.12. The number of benzene rings is 2. The third-order valence-electron chi connectivity index (χ3n) is 4.26. The number of hydrazone groups is 1. The van der Waals surface area contributed by atoms with E-state index in [1.165, 1.54) is 11.1 Å². The average molecular weight is 357 g/mol. The molecule has 0 saturated heterocycles. The maximum atomic E-state index is 6.17. The van der Waals surface area contributed by atoms with Gasteiger partial charge in [-0.1, -0.05) is 46.3 Å². The van der Waals surface area contributed by atoms with Crippen LogP contribution in [0.3, 0.4) is 0 Å². The Kier molecular flexibility index (Phi) is 3.05. The zero-order valence-electron chi connectivity index (χ0n) is 12.6. The van der Waals surface area contributed by atoms with Crippen LogP contribution >= 0.6 is 15.9 Å². The minimum absolute atomic E-state index is 0.228. The van der Waals surface area contributed by atoms with Gasteiger partial charge in [0.15, 0.2) is 5.72 Å². The van der Waals surface area contributed by atoms with Gasteiger partial charge in [-0.15, -0.1) is 0 Å². The molecular weight excluding hydrogens is 340 g/mol. The van der Waals surface area contributed by atoms with Gasteiger partial charge in [0.05, 0.1) is 11.8 Å². The third kappa shape index (κ3) is 2.13. The highest BCUT2D eigenvalue weighted by Crippen LogP contribution is 2.47. The Morgan fingerprint density at radius 2 is 1.95 bits per heavy atom. The maximum absolute atomic E-state index is 6.17. The molecule has 0 spiro atoms. The molecule has 0 radical (unpaired) electrons. The van der Waals surface area contributed by atoms with E-state index in [4.69, 9.17) is 9.84 Å². The fourth-order valence-corrected chi connectivity index (χ4v) is 3.62. The number of hydrogen-bond donors (Lipinski definition) is 0. The predicted molar refractivity (Wildman–Crippen MR) is 91.0 cm³/mol. The molecule has 4 heteroatoms. The van der Waals surface area contributed by atoms with Crippen molar-refractivity contribution in [2.75, 3.05) is 0 Å². The summed E-state index contributed by atoms with van der Waals surface area (Å²) in [6.45, 7) is 4.14. The Bertz CT molecular complexity index is 755. The van der Waals surface area contributed by atoms with Crippen LogP contribution in [0, 0.1) is 0 Å². The molecule has 0 fully saturated rings. The maximum Gasteiger partial charge on any atom is 0.192 e. The smallest absolute Gasteiger partial charge is 0.192 e. The Balaban J connectivity index is 1.79. The molecule has 0 unspecified atom stereocenters. The SMILES string of the molecule is CC1(C)Oc2ccc(Br)cc2[C@H]2CC(c3ccccc3)=NN21. The summed E-state index contributed by atoms with van der Waals surface area (Å²) in [6.07, 6.45) is 0.903. The lowest BCUT2D eigenvalue weighted by molar-refractivity contribution is -0.0911. The summed E-state index contributed by atoms with van der Waals surface area (Å²) < 4.78 is 7.24. The van der Waals surface area contributed by atoms with Crippen molar-refractivity contribution < 1.29 is 4.74 Å². The highest BCUT2D eigenvalue weighted by Gasteiger charge is 2.44. The fourth-order valence-electron chi connectivity index (χ4n) is 3.24. The molecule has 3 nitrogen and oxygen atoms in total. The van der Waals surface area contributed by atoms with E-state index in [1.807, 2.05) is 18.2 Å². The van der Waals surface area contributed by atoms with Gasteiger partial charge in [-0.2, -0.15) is 5.10 Å². The van der Waals surface area contributed by atoms with Crippen LogP contribution in [0.2, 0.25) is 0 Å². The molecule has 4 rings (SSSR count). The summed E-state index contributed by atoms with van der Waals surface area (Å²) in [7, 11) is 0. The molecule has 0 aromatic heterocycles. The predicted octanol–water partition coefficient (Wildman–Crippen LogP) is 4.73. The molecule has 112 valence electrons. The van der Waals surface area contributed by atoms with Crippen molar-refractivity contribution in [1.29, 1.82) is 0 Å². The minimum atomic E-state index is -0.442. The Hall–Kier alpha value is -1.81. The lowest BCUT2D eigenvalue weighted by Gasteiger charge is -2.43. The first-order valence-corrected chi connectivity index (χ1v) is 8.24. The van der Waals surface area contributed by atoms with E-state index in [2.05, 4.69) is 65.1 Å². The molecule has 0 aliphatic carbocycles. The van der Waals surface area contributed by atoms with Crippen LogP contribution in [-0.4, -0.2) is 16.4 Å². The van der Waals surface area contributed by atoms with Gasteiger partial charge in [-0.3, -0.25) is 0 Å². The lowest BCUT2D eigenvalue weighted by atomic mass is 9.95. The first-order chi connectivity index (χ1) is 10.5. The van der Waals surface area contributed by atoms with E-state index in [1.54, 1.807) is 0 Å². The van der Waals surface area contributed by atoms with Crippen LogP contribution < -0.4 is 4.74 Å². The standard InChI is InChI=1S/C18H17BrN2O/c1-18(2)21-16(14-10-13(19)8-9-17(14)22-18)11-15(20-21)12-6-4-3-5-7-12/h3-10,16H,11H2,1-2H3/t16-/m1/s1. The number of hydrogen-bond acceptors (Lipinski definition) is 3. The summed E-state index contributed by atoms with van der Waals surface area (Å²) in [5.74, 6) is 0.957. The summed E-state index contributed by atoms with van der Waals surface area (Å²) in [4.78, 5) is 0. The second-order valence-electron chi connectivity index (χ2n) is 6.21. The van der Waals surface area contributed by atoms with Crippen LogP contribution in [0.25, 0.3) is 0 Å². The second kappa shape index (κ2) is 4.85. The number of rotatable bonds is 1. The largest absolute Gasteiger partial charge is 0.467 e. The molecule has 2 aromatic rings. The molecule has 2 heterocycles. The first-order valence-electron chi connectivity index (χ1n) is 7.45. The van der Waals surface area contributed by atoms with Crippen molar-refractivity contribution >= 4 is 21.6 Å². The van der Waals surface area contributed by atoms with E-state index in [9.17, 15) is 0 Å². The van der Waals surface area contributed by atoms with Crippen LogP contribution in [0.15, 0.2) is 58.1 Å². The van der Waals surface area contributed by atoms with Crippen LogP contribution in [0.4, 0.5) is 0 Å². The molecule has 2 aliphatic heterocycles. The number of fused-ring (bicyclic) bond motifs is 3. The van der Waals surface area contributed by atoms with E-state index >= 15 is 0 Å². The molecule has 0 saturated carbocycles. The minimum Gasteiger partial charge on any atom is -0.467 e. The molecule has 22 heavy (non-hydrogen) atoms. The van der Waals surface area contributed by atoms with Crippen LogP contribution in [0.1, 0.15) is 37.4 Å². The van der Waals surface area contributed by atoms with Gasteiger partial charge >= 0.3 is 0 Å². The molecule has 0 N–H and O–H groups in total. The number of halogens is 1. The summed E-state index contributed by atoms with van der Waals surface area (Å²) >= 11 is 3.56. The Morgan fingerprint density at radius 1 is 1.18 bits per heavy atom. The zero-order valence-corrected chi connectivity index (χ0v) is 14.2. The van der Waals surface area contributed by atoms with Gasteiger partial charge in [0.2, 0.25) is 0 Å².